The number of benzene rings is 1. The minimum Gasteiger partial charge on any atom is -0.382 e. The fraction of sp³-hybridized carbons (Fsp3) is 0.538. The van der Waals surface area contributed by atoms with E-state index in [4.69, 9.17) is 33.7 Å². The third-order valence-corrected chi connectivity index (χ3v) is 3.30. The van der Waals surface area contributed by atoms with E-state index in [1.54, 1.807) is 0 Å². The van der Waals surface area contributed by atoms with Crippen molar-refractivity contribution < 1.29 is 4.74 Å². The monoisotopic (exact) mass is 275 g/mol. The first-order valence-electron chi connectivity index (χ1n) is 5.91. The van der Waals surface area contributed by atoms with Crippen LogP contribution in [0.2, 0.25) is 10.0 Å². The Morgan fingerprint density at radius 2 is 1.94 bits per heavy atom. The Bertz CT molecular complexity index is 324. The SMILES string of the molecule is CCOCCCC(N)Cc1c(Cl)cccc1Cl. The summed E-state index contributed by atoms with van der Waals surface area (Å²) in [4.78, 5) is 0. The average molecular weight is 276 g/mol. The van der Waals surface area contributed by atoms with Crippen LogP contribution in [0.5, 0.6) is 0 Å². The molecule has 0 aliphatic carbocycles. The molecule has 1 aromatic carbocycles. The van der Waals surface area contributed by atoms with Gasteiger partial charge in [0, 0.05) is 29.3 Å². The van der Waals surface area contributed by atoms with E-state index in [0.717, 1.165) is 31.6 Å². The van der Waals surface area contributed by atoms with Crippen molar-refractivity contribution in [2.45, 2.75) is 32.2 Å². The van der Waals surface area contributed by atoms with Gasteiger partial charge in [0.2, 0.25) is 0 Å². The maximum atomic E-state index is 6.09. The summed E-state index contributed by atoms with van der Waals surface area (Å²) in [6.07, 6.45) is 2.60. The Kier molecular flexibility index (Phi) is 6.90. The normalized spacial score (nSPS) is 12.7. The maximum Gasteiger partial charge on any atom is 0.0466 e. The van der Waals surface area contributed by atoms with Gasteiger partial charge in [-0.2, -0.15) is 0 Å². The number of nitrogens with two attached hydrogens (primary N) is 1. The number of ether oxygens (including phenoxy) is 1. The summed E-state index contributed by atoms with van der Waals surface area (Å²) < 4.78 is 5.27. The summed E-state index contributed by atoms with van der Waals surface area (Å²) in [5.74, 6) is 0. The Balaban J connectivity index is 2.42. The van der Waals surface area contributed by atoms with Crippen molar-refractivity contribution >= 4 is 23.2 Å². The van der Waals surface area contributed by atoms with E-state index in [2.05, 4.69) is 0 Å². The van der Waals surface area contributed by atoms with Crippen molar-refractivity contribution in [3.63, 3.8) is 0 Å². The fourth-order valence-electron chi connectivity index (χ4n) is 1.68. The van der Waals surface area contributed by atoms with Crippen LogP contribution in [0, 0.1) is 0 Å². The van der Waals surface area contributed by atoms with Gasteiger partial charge in [0.1, 0.15) is 0 Å². The minimum atomic E-state index is 0.0767. The van der Waals surface area contributed by atoms with E-state index in [1.165, 1.54) is 0 Å². The Hall–Kier alpha value is -0.280. The third-order valence-electron chi connectivity index (χ3n) is 2.60. The number of halogens is 2. The molecule has 0 saturated carbocycles. The first kappa shape index (κ1) is 14.8. The zero-order valence-electron chi connectivity index (χ0n) is 10.1. The average Bonchev–Trinajstić information content (AvgIpc) is 2.30. The van der Waals surface area contributed by atoms with E-state index in [0.29, 0.717) is 16.5 Å². The predicted molar refractivity (Wildman–Crippen MR) is 73.9 cm³/mol. The summed E-state index contributed by atoms with van der Waals surface area (Å²) in [6.45, 7) is 3.51. The first-order chi connectivity index (χ1) is 8.15. The van der Waals surface area contributed by atoms with Gasteiger partial charge < -0.3 is 10.5 Å². The van der Waals surface area contributed by atoms with Crippen LogP contribution < -0.4 is 5.73 Å². The molecule has 1 aromatic rings. The van der Waals surface area contributed by atoms with Gasteiger partial charge in [0.05, 0.1) is 0 Å². The Morgan fingerprint density at radius 3 is 2.53 bits per heavy atom. The van der Waals surface area contributed by atoms with Crippen LogP contribution >= 0.6 is 23.2 Å². The van der Waals surface area contributed by atoms with Crippen molar-refractivity contribution in [3.8, 4) is 0 Å². The Morgan fingerprint density at radius 1 is 1.29 bits per heavy atom. The molecule has 2 N–H and O–H groups in total. The smallest absolute Gasteiger partial charge is 0.0466 e. The van der Waals surface area contributed by atoms with Gasteiger partial charge in [0.25, 0.3) is 0 Å². The highest BCUT2D eigenvalue weighted by molar-refractivity contribution is 6.35. The second-order valence-electron chi connectivity index (χ2n) is 4.00. The van der Waals surface area contributed by atoms with Gasteiger partial charge in [-0.15, -0.1) is 0 Å². The molecule has 4 heteroatoms. The molecular formula is C13H19Cl2NO. The molecule has 0 fully saturated rings. The molecule has 0 radical (unpaired) electrons. The molecule has 1 unspecified atom stereocenters. The van der Waals surface area contributed by atoms with Gasteiger partial charge >= 0.3 is 0 Å². The molecule has 0 aromatic heterocycles. The molecular weight excluding hydrogens is 257 g/mol. The standard InChI is InChI=1S/C13H19Cl2NO/c1-2-17-8-4-5-10(16)9-11-12(14)6-3-7-13(11)15/h3,6-7,10H,2,4-5,8-9,16H2,1H3. The summed E-state index contributed by atoms with van der Waals surface area (Å²) in [5.41, 5.74) is 7.00. The topological polar surface area (TPSA) is 35.2 Å². The zero-order valence-corrected chi connectivity index (χ0v) is 11.6. The van der Waals surface area contributed by atoms with Gasteiger partial charge in [-0.1, -0.05) is 29.3 Å². The lowest BCUT2D eigenvalue weighted by molar-refractivity contribution is 0.142. The minimum absolute atomic E-state index is 0.0767. The van der Waals surface area contributed by atoms with Crippen LogP contribution in [0.15, 0.2) is 18.2 Å². The lowest BCUT2D eigenvalue weighted by Gasteiger charge is -2.13. The van der Waals surface area contributed by atoms with E-state index in [1.807, 2.05) is 25.1 Å². The molecule has 96 valence electrons. The molecule has 0 bridgehead atoms. The second-order valence-corrected chi connectivity index (χ2v) is 4.82. The molecule has 2 nitrogen and oxygen atoms in total. The lowest BCUT2D eigenvalue weighted by atomic mass is 10.0. The second kappa shape index (κ2) is 7.93. The maximum absolute atomic E-state index is 6.09. The van der Waals surface area contributed by atoms with Crippen molar-refractivity contribution in [2.24, 2.45) is 5.73 Å². The predicted octanol–water partition coefficient (Wildman–Crippen LogP) is 3.68. The van der Waals surface area contributed by atoms with Crippen LogP contribution in [-0.4, -0.2) is 19.3 Å². The fourth-order valence-corrected chi connectivity index (χ4v) is 2.24. The Labute approximate surface area is 113 Å². The molecule has 0 aliphatic heterocycles. The van der Waals surface area contributed by atoms with E-state index in [9.17, 15) is 0 Å². The van der Waals surface area contributed by atoms with Crippen LogP contribution in [0.25, 0.3) is 0 Å². The largest absolute Gasteiger partial charge is 0.382 e. The van der Waals surface area contributed by atoms with Gasteiger partial charge in [-0.25, -0.2) is 0 Å². The molecule has 0 spiro atoms. The highest BCUT2D eigenvalue weighted by Gasteiger charge is 2.10. The quantitative estimate of drug-likeness (QED) is 0.771. The van der Waals surface area contributed by atoms with Crippen LogP contribution in [0.4, 0.5) is 0 Å². The van der Waals surface area contributed by atoms with Crippen molar-refractivity contribution in [1.29, 1.82) is 0 Å². The molecule has 0 heterocycles. The summed E-state index contributed by atoms with van der Waals surface area (Å²) >= 11 is 12.2. The summed E-state index contributed by atoms with van der Waals surface area (Å²) in [6, 6.07) is 5.60. The summed E-state index contributed by atoms with van der Waals surface area (Å²) in [7, 11) is 0. The molecule has 0 saturated heterocycles. The van der Waals surface area contributed by atoms with E-state index in [-0.39, 0.29) is 6.04 Å². The molecule has 1 rings (SSSR count). The van der Waals surface area contributed by atoms with Crippen LogP contribution in [-0.2, 0) is 11.2 Å². The zero-order chi connectivity index (χ0) is 12.7. The van der Waals surface area contributed by atoms with Gasteiger partial charge in [-0.05, 0) is 43.9 Å². The number of rotatable bonds is 7. The highest BCUT2D eigenvalue weighted by Crippen LogP contribution is 2.25. The van der Waals surface area contributed by atoms with Gasteiger partial charge in [-0.3, -0.25) is 0 Å². The van der Waals surface area contributed by atoms with Crippen molar-refractivity contribution in [2.75, 3.05) is 13.2 Å². The van der Waals surface area contributed by atoms with E-state index < -0.39 is 0 Å². The third kappa shape index (κ3) is 5.26. The van der Waals surface area contributed by atoms with Crippen LogP contribution in [0.1, 0.15) is 25.3 Å². The lowest BCUT2D eigenvalue weighted by Crippen LogP contribution is -2.23. The highest BCUT2D eigenvalue weighted by atomic mass is 35.5. The molecule has 1 atom stereocenters. The van der Waals surface area contributed by atoms with Gasteiger partial charge in [0.15, 0.2) is 0 Å². The van der Waals surface area contributed by atoms with Crippen LogP contribution in [0.3, 0.4) is 0 Å². The first-order valence-corrected chi connectivity index (χ1v) is 6.67. The number of hydrogen-bond acceptors (Lipinski definition) is 2. The number of hydrogen-bond donors (Lipinski definition) is 1. The molecule has 0 aliphatic rings. The molecule has 17 heavy (non-hydrogen) atoms. The van der Waals surface area contributed by atoms with Crippen molar-refractivity contribution in [3.05, 3.63) is 33.8 Å². The van der Waals surface area contributed by atoms with Crippen molar-refractivity contribution in [1.82, 2.24) is 0 Å². The molecule has 0 amide bonds. The van der Waals surface area contributed by atoms with E-state index >= 15 is 0 Å². The summed E-state index contributed by atoms with van der Waals surface area (Å²) in [5, 5.41) is 1.38.